The number of benzene rings is 1. The van der Waals surface area contributed by atoms with E-state index >= 15 is 0 Å². The lowest BCUT2D eigenvalue weighted by atomic mass is 9.76. The van der Waals surface area contributed by atoms with E-state index in [1.54, 1.807) is 0 Å². The molecule has 1 saturated heterocycles. The van der Waals surface area contributed by atoms with Gasteiger partial charge in [0.05, 0.1) is 11.8 Å². The van der Waals surface area contributed by atoms with E-state index in [1.165, 1.54) is 10.5 Å². The smallest absolute Gasteiger partial charge is 0.233 e. The fourth-order valence-corrected chi connectivity index (χ4v) is 5.35. The molecule has 1 aromatic rings. The molecule has 2 bridgehead atoms. The van der Waals surface area contributed by atoms with E-state index in [2.05, 4.69) is 47.8 Å². The Labute approximate surface area is 148 Å². The quantitative estimate of drug-likeness (QED) is 0.663. The minimum Gasteiger partial charge on any atom is -0.312 e. The van der Waals surface area contributed by atoms with Crippen molar-refractivity contribution in [1.29, 1.82) is 0 Å². The Kier molecular flexibility index (Phi) is 3.56. The maximum atomic E-state index is 12.6. The molecule has 3 aliphatic carbocycles. The highest BCUT2D eigenvalue weighted by molar-refractivity contribution is 6.06. The zero-order chi connectivity index (χ0) is 17.0. The van der Waals surface area contributed by atoms with Crippen LogP contribution in [0.4, 0.5) is 0 Å². The summed E-state index contributed by atoms with van der Waals surface area (Å²) >= 11 is 0. The summed E-state index contributed by atoms with van der Waals surface area (Å²) in [4.78, 5) is 26.8. The summed E-state index contributed by atoms with van der Waals surface area (Å²) in [5.41, 5.74) is 1.42. The van der Waals surface area contributed by atoms with Gasteiger partial charge in [-0.3, -0.25) is 14.5 Å². The number of carbonyl (C=O) groups is 2. The van der Waals surface area contributed by atoms with Gasteiger partial charge in [0, 0.05) is 19.1 Å². The molecule has 4 heteroatoms. The third-order valence-electron chi connectivity index (χ3n) is 6.74. The lowest BCUT2D eigenvalue weighted by molar-refractivity contribution is -0.140. The van der Waals surface area contributed by atoms with Crippen LogP contribution in [0.2, 0.25) is 0 Å². The molecule has 4 nitrogen and oxygen atoms in total. The highest BCUT2D eigenvalue weighted by Gasteiger charge is 2.58. The number of amides is 2. The minimum atomic E-state index is -0.0614. The van der Waals surface area contributed by atoms with Crippen LogP contribution in [0.5, 0.6) is 0 Å². The van der Waals surface area contributed by atoms with Crippen molar-refractivity contribution in [3.63, 3.8) is 0 Å². The van der Waals surface area contributed by atoms with Crippen LogP contribution in [0.1, 0.15) is 30.7 Å². The van der Waals surface area contributed by atoms with Crippen molar-refractivity contribution in [2.24, 2.45) is 23.7 Å². The molecule has 4 atom stereocenters. The first-order chi connectivity index (χ1) is 12.2. The average Bonchev–Trinajstić information content (AvgIpc) is 3.26. The van der Waals surface area contributed by atoms with Gasteiger partial charge in [0.25, 0.3) is 0 Å². The van der Waals surface area contributed by atoms with Crippen LogP contribution in [0.25, 0.3) is 0 Å². The maximum Gasteiger partial charge on any atom is 0.233 e. The van der Waals surface area contributed by atoms with Gasteiger partial charge in [-0.2, -0.15) is 0 Å². The fourth-order valence-electron chi connectivity index (χ4n) is 5.35. The molecule has 1 aliphatic heterocycles. The van der Waals surface area contributed by atoms with Gasteiger partial charge in [-0.15, -0.1) is 0 Å². The van der Waals surface area contributed by atoms with E-state index in [9.17, 15) is 9.59 Å². The number of allylic oxidation sites excluding steroid dienone is 2. The molecule has 2 saturated carbocycles. The van der Waals surface area contributed by atoms with Crippen molar-refractivity contribution in [2.45, 2.75) is 31.2 Å². The number of nitrogens with one attached hydrogen (secondary N) is 1. The number of carbonyl (C=O) groups excluding carboxylic acids is 2. The number of rotatable bonds is 5. The first-order valence-electron chi connectivity index (χ1n) is 9.54. The molecule has 25 heavy (non-hydrogen) atoms. The van der Waals surface area contributed by atoms with Crippen LogP contribution in [-0.4, -0.2) is 35.8 Å². The van der Waals surface area contributed by atoms with Crippen LogP contribution in [0.3, 0.4) is 0 Å². The van der Waals surface area contributed by atoms with E-state index in [0.29, 0.717) is 36.9 Å². The lowest BCUT2D eigenvalue weighted by Gasteiger charge is -2.36. The van der Waals surface area contributed by atoms with Crippen LogP contribution in [-0.2, 0) is 9.59 Å². The Morgan fingerprint density at radius 1 is 0.920 bits per heavy atom. The zero-order valence-electron chi connectivity index (χ0n) is 14.3. The molecule has 1 aromatic carbocycles. The van der Waals surface area contributed by atoms with Crippen LogP contribution in [0.15, 0.2) is 42.5 Å². The molecule has 3 fully saturated rings. The predicted molar refractivity (Wildman–Crippen MR) is 94.6 cm³/mol. The zero-order valence-corrected chi connectivity index (χ0v) is 14.3. The maximum absolute atomic E-state index is 12.6. The number of likely N-dealkylation sites (tertiary alicyclic amines) is 1. The van der Waals surface area contributed by atoms with Crippen molar-refractivity contribution in [2.75, 3.05) is 13.1 Å². The van der Waals surface area contributed by atoms with Crippen LogP contribution >= 0.6 is 0 Å². The highest BCUT2D eigenvalue weighted by Crippen LogP contribution is 2.52. The molecule has 0 aromatic heterocycles. The van der Waals surface area contributed by atoms with Crippen LogP contribution in [0, 0.1) is 23.7 Å². The number of imide groups is 1. The van der Waals surface area contributed by atoms with Gasteiger partial charge >= 0.3 is 0 Å². The molecule has 2 amide bonds. The van der Waals surface area contributed by atoms with Gasteiger partial charge in [0.15, 0.2) is 0 Å². The molecule has 0 spiro atoms. The van der Waals surface area contributed by atoms with Gasteiger partial charge in [-0.25, -0.2) is 0 Å². The molecule has 1 heterocycles. The Balaban J connectivity index is 1.11. The second kappa shape index (κ2) is 5.80. The van der Waals surface area contributed by atoms with Gasteiger partial charge in [0.2, 0.25) is 11.8 Å². The van der Waals surface area contributed by atoms with E-state index < -0.39 is 0 Å². The van der Waals surface area contributed by atoms with Crippen molar-refractivity contribution < 1.29 is 9.59 Å². The van der Waals surface area contributed by atoms with Crippen molar-refractivity contribution in [3.05, 3.63) is 48.0 Å². The predicted octanol–water partition coefficient (Wildman–Crippen LogP) is 2.33. The molecule has 5 rings (SSSR count). The summed E-state index contributed by atoms with van der Waals surface area (Å²) in [5.74, 6) is 1.29. The topological polar surface area (TPSA) is 49.4 Å². The molecule has 1 N–H and O–H groups in total. The van der Waals surface area contributed by atoms with Crippen molar-refractivity contribution in [1.82, 2.24) is 10.2 Å². The van der Waals surface area contributed by atoms with E-state index in [-0.39, 0.29) is 23.7 Å². The van der Waals surface area contributed by atoms with Crippen LogP contribution < -0.4 is 5.32 Å². The Morgan fingerprint density at radius 2 is 1.56 bits per heavy atom. The van der Waals surface area contributed by atoms with Crippen molar-refractivity contribution in [3.8, 4) is 0 Å². The number of nitrogens with zero attached hydrogens (tertiary/aromatic N) is 1. The molecule has 0 radical (unpaired) electrons. The van der Waals surface area contributed by atoms with Gasteiger partial charge < -0.3 is 5.32 Å². The molecule has 4 aliphatic rings. The van der Waals surface area contributed by atoms with E-state index in [0.717, 1.165) is 19.3 Å². The fraction of sp³-hybridized carbons (Fsp3) is 0.524. The molecule has 0 unspecified atom stereocenters. The summed E-state index contributed by atoms with van der Waals surface area (Å²) in [6, 6.07) is 11.2. The number of fused-ring (bicyclic) bond motifs is 5. The monoisotopic (exact) mass is 336 g/mol. The normalized spacial score (nSPS) is 38.3. The highest BCUT2D eigenvalue weighted by atomic mass is 16.2. The first kappa shape index (κ1) is 15.3. The van der Waals surface area contributed by atoms with Gasteiger partial charge in [-0.1, -0.05) is 42.5 Å². The molecule has 130 valence electrons. The van der Waals surface area contributed by atoms with Crippen molar-refractivity contribution >= 4 is 11.8 Å². The molecular formula is C21H24N2O2. The molecular weight excluding hydrogens is 312 g/mol. The van der Waals surface area contributed by atoms with E-state index in [4.69, 9.17) is 0 Å². The summed E-state index contributed by atoms with van der Waals surface area (Å²) < 4.78 is 0. The van der Waals surface area contributed by atoms with Gasteiger partial charge in [0.1, 0.15) is 0 Å². The first-order valence-corrected chi connectivity index (χ1v) is 9.54. The lowest BCUT2D eigenvalue weighted by Crippen LogP contribution is -2.45. The standard InChI is InChI=1S/C21H24N2O2/c24-20-18-14-6-7-15(10-14)19(18)21(25)23(20)9-8-22-17-11-16(12-17)13-4-2-1-3-5-13/h1-7,14-19,22H,8-12H2/t14-,15-,16?,17?,18-,19+/m0/s1. The number of hydrogen-bond acceptors (Lipinski definition) is 3. The third-order valence-corrected chi connectivity index (χ3v) is 6.74. The SMILES string of the molecule is O=C1[C@@H]2[C@H](C(=O)N1CCNC1CC(c3ccccc3)C1)[C@H]1C=C[C@H]2C1. The second-order valence-corrected chi connectivity index (χ2v) is 8.06. The van der Waals surface area contributed by atoms with E-state index in [1.807, 2.05) is 0 Å². The summed E-state index contributed by atoms with van der Waals surface area (Å²) in [7, 11) is 0. The Morgan fingerprint density at radius 3 is 2.20 bits per heavy atom. The second-order valence-electron chi connectivity index (χ2n) is 8.06. The average molecular weight is 336 g/mol. The summed E-state index contributed by atoms with van der Waals surface area (Å²) in [5, 5.41) is 3.53. The summed E-state index contributed by atoms with van der Waals surface area (Å²) in [6.45, 7) is 1.24. The largest absolute Gasteiger partial charge is 0.312 e. The number of hydrogen-bond donors (Lipinski definition) is 1. The Bertz CT molecular complexity index is 693. The summed E-state index contributed by atoms with van der Waals surface area (Å²) in [6.07, 6.45) is 7.59. The van der Waals surface area contributed by atoms with Gasteiger partial charge in [-0.05, 0) is 42.6 Å². The minimum absolute atomic E-state index is 0.0614. The third kappa shape index (κ3) is 2.38. The Hall–Kier alpha value is -1.94.